The van der Waals surface area contributed by atoms with Crippen LogP contribution in [0.2, 0.25) is 0 Å². The zero-order valence-corrected chi connectivity index (χ0v) is 12.1. The highest BCUT2D eigenvalue weighted by Crippen LogP contribution is 2.51. The van der Waals surface area contributed by atoms with Gasteiger partial charge in [0.15, 0.2) is 11.5 Å². The largest absolute Gasteiger partial charge is 0.504 e. The summed E-state index contributed by atoms with van der Waals surface area (Å²) in [7, 11) is 1.56. The molecule has 0 amide bonds. The van der Waals surface area contributed by atoms with E-state index in [1.807, 2.05) is 35.7 Å². The minimum absolute atomic E-state index is 0.208. The van der Waals surface area contributed by atoms with Gasteiger partial charge in [0.1, 0.15) is 0 Å². The van der Waals surface area contributed by atoms with E-state index in [0.717, 1.165) is 11.3 Å². The van der Waals surface area contributed by atoms with Gasteiger partial charge in [-0.2, -0.15) is 0 Å². The molecule has 0 unspecified atom stereocenters. The zero-order chi connectivity index (χ0) is 13.2. The number of rotatable bonds is 2. The molecule has 0 aliphatic carbocycles. The Bertz CT molecular complexity index is 598. The van der Waals surface area contributed by atoms with Crippen LogP contribution in [0, 0.1) is 0 Å². The Morgan fingerprint density at radius 3 is 2.84 bits per heavy atom. The van der Waals surface area contributed by atoms with E-state index in [9.17, 15) is 5.11 Å². The lowest BCUT2D eigenvalue weighted by Gasteiger charge is -2.24. The molecule has 2 nitrogen and oxygen atoms in total. The fourth-order valence-electron chi connectivity index (χ4n) is 2.07. The van der Waals surface area contributed by atoms with Gasteiger partial charge in [-0.05, 0) is 29.3 Å². The summed E-state index contributed by atoms with van der Waals surface area (Å²) in [6, 6.07) is 14.2. The van der Waals surface area contributed by atoms with Crippen LogP contribution in [0.5, 0.6) is 11.5 Å². The predicted molar refractivity (Wildman–Crippen MR) is 81.0 cm³/mol. The first-order chi connectivity index (χ1) is 9.28. The molecule has 1 aliphatic heterocycles. The molecule has 4 heteroatoms. The highest BCUT2D eigenvalue weighted by Gasteiger charge is 2.21. The van der Waals surface area contributed by atoms with Gasteiger partial charge in [-0.3, -0.25) is 0 Å². The second-order valence-electron chi connectivity index (χ2n) is 4.30. The third kappa shape index (κ3) is 2.55. The van der Waals surface area contributed by atoms with Crippen LogP contribution < -0.4 is 4.74 Å². The molecule has 1 aliphatic rings. The second-order valence-corrected chi connectivity index (χ2v) is 6.84. The molecule has 0 saturated carbocycles. The number of thioether (sulfide) groups is 2. The summed E-state index contributed by atoms with van der Waals surface area (Å²) in [4.78, 5) is 1.33. The summed E-state index contributed by atoms with van der Waals surface area (Å²) in [5.41, 5.74) is 2.52. The van der Waals surface area contributed by atoms with Crippen molar-refractivity contribution in [2.24, 2.45) is 0 Å². The third-order valence-corrected chi connectivity index (χ3v) is 5.96. The molecule has 0 fully saturated rings. The van der Waals surface area contributed by atoms with Gasteiger partial charge in [-0.15, -0.1) is 23.5 Å². The number of phenols is 1. The van der Waals surface area contributed by atoms with Crippen molar-refractivity contribution in [3.8, 4) is 11.5 Å². The first kappa shape index (κ1) is 12.8. The summed E-state index contributed by atoms with van der Waals surface area (Å²) in [5.74, 6) is 1.75. The van der Waals surface area contributed by atoms with Crippen LogP contribution in [0.15, 0.2) is 47.4 Å². The average Bonchev–Trinajstić information content (AvgIpc) is 2.46. The van der Waals surface area contributed by atoms with E-state index in [1.165, 1.54) is 10.5 Å². The van der Waals surface area contributed by atoms with E-state index in [-0.39, 0.29) is 5.75 Å². The number of methoxy groups -OCH3 is 1. The molecular weight excluding hydrogens is 276 g/mol. The number of fused-ring (bicyclic) bond motifs is 1. The normalized spacial score (nSPS) is 17.8. The number of hydrogen-bond acceptors (Lipinski definition) is 4. The van der Waals surface area contributed by atoms with Gasteiger partial charge in [0.2, 0.25) is 0 Å². The monoisotopic (exact) mass is 290 g/mol. The number of benzene rings is 2. The van der Waals surface area contributed by atoms with E-state index in [2.05, 4.69) is 24.3 Å². The summed E-state index contributed by atoms with van der Waals surface area (Å²) < 4.78 is 5.41. The van der Waals surface area contributed by atoms with Crippen molar-refractivity contribution in [1.29, 1.82) is 0 Å². The standard InChI is InChI=1S/C15H14O2S2/c1-17-13-7-6-10(8-12(13)16)15-18-9-11-4-2-3-5-14(11)19-15/h2-8,15-16H,9H2,1H3/t15-/m1/s1. The molecule has 0 bridgehead atoms. The molecule has 0 aromatic heterocycles. The molecule has 1 N–H and O–H groups in total. The Morgan fingerprint density at radius 1 is 1.21 bits per heavy atom. The number of aromatic hydroxyl groups is 1. The van der Waals surface area contributed by atoms with Gasteiger partial charge in [-0.1, -0.05) is 24.3 Å². The van der Waals surface area contributed by atoms with Crippen LogP contribution >= 0.6 is 23.5 Å². The molecule has 0 radical (unpaired) electrons. The molecule has 0 spiro atoms. The lowest BCUT2D eigenvalue weighted by atomic mass is 10.2. The van der Waals surface area contributed by atoms with E-state index in [0.29, 0.717) is 10.3 Å². The molecule has 98 valence electrons. The quantitative estimate of drug-likeness (QED) is 0.885. The highest BCUT2D eigenvalue weighted by atomic mass is 32.2. The van der Waals surface area contributed by atoms with E-state index >= 15 is 0 Å². The lowest BCUT2D eigenvalue weighted by Crippen LogP contribution is -1.99. The Hall–Kier alpha value is -1.26. The van der Waals surface area contributed by atoms with Gasteiger partial charge >= 0.3 is 0 Å². The maximum Gasteiger partial charge on any atom is 0.160 e. The molecule has 19 heavy (non-hydrogen) atoms. The first-order valence-corrected chi connectivity index (χ1v) is 7.94. The summed E-state index contributed by atoms with van der Waals surface area (Å²) in [5, 5.41) is 9.87. The smallest absolute Gasteiger partial charge is 0.160 e. The molecule has 2 aromatic carbocycles. The second kappa shape index (κ2) is 5.39. The van der Waals surface area contributed by atoms with Crippen molar-refractivity contribution < 1.29 is 9.84 Å². The Morgan fingerprint density at radius 2 is 2.05 bits per heavy atom. The Labute approximate surface area is 121 Å². The van der Waals surface area contributed by atoms with Crippen molar-refractivity contribution in [2.75, 3.05) is 7.11 Å². The van der Waals surface area contributed by atoms with Gasteiger partial charge in [0.05, 0.1) is 11.7 Å². The number of ether oxygens (including phenoxy) is 1. The Balaban J connectivity index is 1.87. The Kier molecular flexibility index (Phi) is 3.62. The third-order valence-electron chi connectivity index (χ3n) is 3.07. The first-order valence-electron chi connectivity index (χ1n) is 6.01. The van der Waals surface area contributed by atoms with Crippen LogP contribution in [0.4, 0.5) is 0 Å². The SMILES string of the molecule is COc1ccc([C@@H]2SCc3ccccc3S2)cc1O. The van der Waals surface area contributed by atoms with Crippen molar-refractivity contribution in [3.63, 3.8) is 0 Å². The molecule has 2 aromatic rings. The number of hydrogen-bond donors (Lipinski definition) is 1. The fourth-order valence-corrected chi connectivity index (χ4v) is 4.83. The summed E-state index contributed by atoms with van der Waals surface area (Å²) in [6.07, 6.45) is 0. The van der Waals surface area contributed by atoms with Crippen molar-refractivity contribution in [3.05, 3.63) is 53.6 Å². The minimum atomic E-state index is 0.208. The van der Waals surface area contributed by atoms with Gasteiger partial charge in [-0.25, -0.2) is 0 Å². The predicted octanol–water partition coefficient (Wildman–Crippen LogP) is 4.44. The van der Waals surface area contributed by atoms with Crippen LogP contribution in [0.3, 0.4) is 0 Å². The summed E-state index contributed by atoms with van der Waals surface area (Å²) in [6.45, 7) is 0. The van der Waals surface area contributed by atoms with Crippen LogP contribution in [0.25, 0.3) is 0 Å². The number of phenolic OH excluding ortho intramolecular Hbond substituents is 1. The van der Waals surface area contributed by atoms with Crippen LogP contribution in [-0.2, 0) is 5.75 Å². The maximum absolute atomic E-state index is 9.87. The van der Waals surface area contributed by atoms with Gasteiger partial charge < -0.3 is 9.84 Å². The lowest BCUT2D eigenvalue weighted by molar-refractivity contribution is 0.373. The van der Waals surface area contributed by atoms with Gasteiger partial charge in [0.25, 0.3) is 0 Å². The van der Waals surface area contributed by atoms with Crippen molar-refractivity contribution >= 4 is 23.5 Å². The van der Waals surface area contributed by atoms with Crippen LogP contribution in [0.1, 0.15) is 15.7 Å². The van der Waals surface area contributed by atoms with E-state index in [1.54, 1.807) is 13.2 Å². The molecule has 1 heterocycles. The molecule has 0 saturated heterocycles. The molecule has 1 atom stereocenters. The van der Waals surface area contributed by atoms with Gasteiger partial charge in [0, 0.05) is 10.6 Å². The topological polar surface area (TPSA) is 29.5 Å². The average molecular weight is 290 g/mol. The fraction of sp³-hybridized carbons (Fsp3) is 0.200. The van der Waals surface area contributed by atoms with Crippen molar-refractivity contribution in [1.82, 2.24) is 0 Å². The van der Waals surface area contributed by atoms with E-state index in [4.69, 9.17) is 4.74 Å². The zero-order valence-electron chi connectivity index (χ0n) is 10.5. The highest BCUT2D eigenvalue weighted by molar-refractivity contribution is 8.16. The molecular formula is C15H14O2S2. The van der Waals surface area contributed by atoms with E-state index < -0.39 is 0 Å². The summed E-state index contributed by atoms with van der Waals surface area (Å²) >= 11 is 3.74. The maximum atomic E-state index is 9.87. The van der Waals surface area contributed by atoms with Crippen LogP contribution in [-0.4, -0.2) is 12.2 Å². The van der Waals surface area contributed by atoms with Crippen molar-refractivity contribution in [2.45, 2.75) is 15.2 Å². The molecule has 3 rings (SSSR count). The minimum Gasteiger partial charge on any atom is -0.504 e.